The van der Waals surface area contributed by atoms with Crippen LogP contribution in [-0.2, 0) is 35.2 Å². The minimum atomic E-state index is -2.07. The van der Waals surface area contributed by atoms with E-state index in [0.717, 1.165) is 67.4 Å². The van der Waals surface area contributed by atoms with Crippen LogP contribution >= 0.6 is 0 Å². The van der Waals surface area contributed by atoms with Crippen molar-refractivity contribution in [3.05, 3.63) is 265 Å². The van der Waals surface area contributed by atoms with Crippen molar-refractivity contribution in [3.8, 4) is 56.3 Å². The maximum absolute atomic E-state index is 7.69. The highest BCUT2D eigenvalue weighted by Gasteiger charge is 2.22. The van der Waals surface area contributed by atoms with Gasteiger partial charge in [0.05, 0.1) is 0 Å². The lowest BCUT2D eigenvalue weighted by molar-refractivity contribution is -0.667. The molecule has 0 aliphatic carbocycles. The van der Waals surface area contributed by atoms with E-state index in [-0.39, 0.29) is 0 Å². The molecule has 5 heterocycles. The van der Waals surface area contributed by atoms with Crippen LogP contribution in [-0.4, -0.2) is 0 Å². The third-order valence-electron chi connectivity index (χ3n) is 17.0. The molecule has 0 bridgehead atoms. The molecule has 5 nitrogen and oxygen atoms in total. The van der Waals surface area contributed by atoms with E-state index in [1.165, 1.54) is 72.7 Å². The van der Waals surface area contributed by atoms with Crippen molar-refractivity contribution < 1.29 is 35.2 Å². The first-order chi connectivity index (χ1) is 42.9. The zero-order chi connectivity index (χ0) is 68.6. The van der Waals surface area contributed by atoms with Gasteiger partial charge in [-0.3, -0.25) is 0 Å². The lowest BCUT2D eigenvalue weighted by Gasteiger charge is -2.10. The van der Waals surface area contributed by atoms with Gasteiger partial charge in [0.25, 0.3) is 0 Å². The van der Waals surface area contributed by atoms with Crippen LogP contribution in [0.5, 0.6) is 0 Å². The number of aromatic nitrogens is 5. The van der Waals surface area contributed by atoms with Gasteiger partial charge in [0.1, 0.15) is 35.2 Å². The van der Waals surface area contributed by atoms with Gasteiger partial charge in [-0.25, -0.2) is 9.13 Å². The molecule has 83 heavy (non-hydrogen) atoms. The number of benzene rings is 5. The van der Waals surface area contributed by atoms with Crippen molar-refractivity contribution in [2.24, 2.45) is 35.2 Å². The van der Waals surface area contributed by atoms with Crippen LogP contribution in [0.2, 0.25) is 0 Å². The largest absolute Gasteiger partial charge is 0.215 e. The molecule has 0 spiro atoms. The lowest BCUT2D eigenvalue weighted by Crippen LogP contribution is -2.36. The van der Waals surface area contributed by atoms with Gasteiger partial charge >= 0.3 is 0 Å². The molecule has 0 atom stereocenters. The van der Waals surface area contributed by atoms with Gasteiger partial charge in [-0.15, -0.1) is 0 Å². The zero-order valence-electron chi connectivity index (χ0n) is 62.3. The third-order valence-corrected chi connectivity index (χ3v) is 17.0. The molecule has 0 aliphatic rings. The molecular weight excluding hydrogens is 1010 g/mol. The molecule has 0 amide bonds. The van der Waals surface area contributed by atoms with Crippen LogP contribution in [0.3, 0.4) is 0 Å². The summed E-state index contributed by atoms with van der Waals surface area (Å²) in [7, 11) is 10.1. The molecular formula is C78H96N5+5. The van der Waals surface area contributed by atoms with Crippen LogP contribution < -0.4 is 22.8 Å². The SMILES string of the molecule is Cc1ccc(-c2cccc[n+]2C)c(C)c1C.Cc1ccccc1-c1cc(C)c(C)c(C)[n+]1C.[2H]C([2H])([2H])c1c(C)cc(-c2ccccc2C)[n+](C)c1C.[2H]C([2H])([2H])c1cc(C)c(-c2ccccc2C)[n+](C)c1C.[2H]C([2H])([2H])c1ccc(-c2cccc[n+]2C)c(C)c1C. The zero-order valence-corrected chi connectivity index (χ0v) is 53.3. The number of aryl methyl sites for hydroxylation is 11. The van der Waals surface area contributed by atoms with Gasteiger partial charge in [-0.1, -0.05) is 66.7 Å². The van der Waals surface area contributed by atoms with Crippen LogP contribution in [0, 0.1) is 124 Å². The van der Waals surface area contributed by atoms with Gasteiger partial charge in [-0.2, -0.15) is 13.7 Å². The Hall–Kier alpha value is -8.15. The van der Waals surface area contributed by atoms with E-state index >= 15 is 0 Å². The number of hydrogen-bond acceptors (Lipinski definition) is 0. The summed E-state index contributed by atoms with van der Waals surface area (Å²) in [6.07, 6.45) is 4.08. The average Bonchev–Trinajstić information content (AvgIpc) is 0.830. The summed E-state index contributed by atoms with van der Waals surface area (Å²) in [5.74, 6) is 0. The predicted octanol–water partition coefficient (Wildman–Crippen LogP) is 16.4. The van der Waals surface area contributed by atoms with E-state index in [0.29, 0.717) is 16.7 Å². The minimum absolute atomic E-state index is 0.426. The molecule has 0 radical (unpaired) electrons. The first kappa shape index (κ1) is 51.7. The summed E-state index contributed by atoms with van der Waals surface area (Å²) in [4.78, 5) is 0. The molecule has 428 valence electrons. The van der Waals surface area contributed by atoms with E-state index in [1.807, 2.05) is 137 Å². The molecule has 5 heteroatoms. The minimum Gasteiger partial charge on any atom is -0.201 e. The average molecular weight is 1110 g/mol. The lowest BCUT2D eigenvalue weighted by atomic mass is 9.96. The molecule has 10 aromatic rings. The molecule has 0 saturated carbocycles. The molecule has 0 saturated heterocycles. The fourth-order valence-corrected chi connectivity index (χ4v) is 10.5. The topological polar surface area (TPSA) is 19.4 Å². The molecule has 0 fully saturated rings. The fraction of sp³-hybridized carbons (Fsp3) is 0.295. The van der Waals surface area contributed by atoms with E-state index in [4.69, 9.17) is 12.3 Å². The Bertz CT molecular complexity index is 4300. The van der Waals surface area contributed by atoms with Crippen molar-refractivity contribution in [1.29, 1.82) is 0 Å². The number of pyridine rings is 5. The molecule has 5 aromatic carbocycles. The van der Waals surface area contributed by atoms with Crippen LogP contribution in [0.15, 0.2) is 164 Å². The van der Waals surface area contributed by atoms with Gasteiger partial charge in [0, 0.05) is 120 Å². The Balaban J connectivity index is 0.000000183. The monoisotopic (exact) mass is 1110 g/mol. The molecule has 0 N–H and O–H groups in total. The van der Waals surface area contributed by atoms with Gasteiger partial charge in [0.15, 0.2) is 29.5 Å². The standard InChI is InChI=1S/3C16H20N.2C15H18N/c2*1-11-8-6-7-9-15(11)16-10-12(2)13(3)14(4)17(16)5;1-11-8-6-7-9-15(11)16-13(3)10-12(2)14(4)17(16)5;2*1-11-8-9-14(13(3)12(11)2)15-7-5-6-10-16(15)4/h3*6-10H,1-5H3;2*5-10H,1-4H3/q5*+1/i3D3;;2D3;1D3;. The summed E-state index contributed by atoms with van der Waals surface area (Å²) < 4.78 is 79.1. The van der Waals surface area contributed by atoms with Crippen molar-refractivity contribution in [3.63, 3.8) is 0 Å². The summed E-state index contributed by atoms with van der Waals surface area (Å²) in [6, 6.07) is 51.3. The first-order valence-electron chi connectivity index (χ1n) is 33.2. The maximum Gasteiger partial charge on any atom is 0.215 e. The highest BCUT2D eigenvalue weighted by molar-refractivity contribution is 5.67. The second kappa shape index (κ2) is 28.2. The van der Waals surface area contributed by atoms with Crippen molar-refractivity contribution in [2.75, 3.05) is 0 Å². The quantitative estimate of drug-likeness (QED) is 0.153. The summed E-state index contributed by atoms with van der Waals surface area (Å²) in [5, 5.41) is 0. The van der Waals surface area contributed by atoms with E-state index in [1.54, 1.807) is 12.1 Å². The predicted molar refractivity (Wildman–Crippen MR) is 351 cm³/mol. The summed E-state index contributed by atoms with van der Waals surface area (Å²) in [5.41, 5.74) is 30.3. The highest BCUT2D eigenvalue weighted by Crippen LogP contribution is 2.29. The maximum atomic E-state index is 7.69. The molecule has 0 unspecified atom stereocenters. The van der Waals surface area contributed by atoms with E-state index in [2.05, 4.69) is 177 Å². The van der Waals surface area contributed by atoms with Crippen LogP contribution in [0.25, 0.3) is 56.3 Å². The van der Waals surface area contributed by atoms with E-state index in [9.17, 15) is 0 Å². The summed E-state index contributed by atoms with van der Waals surface area (Å²) in [6.45, 7) is 24.7. The van der Waals surface area contributed by atoms with Crippen LogP contribution in [0.1, 0.15) is 113 Å². The van der Waals surface area contributed by atoms with Crippen molar-refractivity contribution >= 4 is 0 Å². The van der Waals surface area contributed by atoms with Gasteiger partial charge in [0.2, 0.25) is 28.5 Å². The normalized spacial score (nSPS) is 12.7. The van der Waals surface area contributed by atoms with E-state index < -0.39 is 20.6 Å². The Morgan fingerprint density at radius 3 is 1.08 bits per heavy atom. The van der Waals surface area contributed by atoms with Gasteiger partial charge < -0.3 is 0 Å². The Labute approximate surface area is 513 Å². The second-order valence-electron chi connectivity index (χ2n) is 22.4. The third kappa shape index (κ3) is 14.7. The Morgan fingerprint density at radius 2 is 0.651 bits per heavy atom. The number of hydrogen-bond donors (Lipinski definition) is 0. The Morgan fingerprint density at radius 1 is 0.253 bits per heavy atom. The van der Waals surface area contributed by atoms with Crippen molar-refractivity contribution in [2.45, 2.75) is 124 Å². The molecule has 10 rings (SSSR count). The number of rotatable bonds is 5. The first-order valence-corrected chi connectivity index (χ1v) is 28.7. The smallest absolute Gasteiger partial charge is 0.201 e. The summed E-state index contributed by atoms with van der Waals surface area (Å²) >= 11 is 0. The molecule has 5 aromatic heterocycles. The Kier molecular flexibility index (Phi) is 17.6. The van der Waals surface area contributed by atoms with Crippen LogP contribution in [0.4, 0.5) is 0 Å². The van der Waals surface area contributed by atoms with Crippen molar-refractivity contribution in [1.82, 2.24) is 0 Å². The number of nitrogens with zero attached hydrogens (tertiary/aromatic N) is 5. The highest BCUT2D eigenvalue weighted by atomic mass is 15.0. The molecule has 0 aliphatic heterocycles. The van der Waals surface area contributed by atoms with Gasteiger partial charge in [-0.05, 0) is 213 Å². The second-order valence-corrected chi connectivity index (χ2v) is 22.4. The fourth-order valence-electron chi connectivity index (χ4n) is 10.5.